The fraction of sp³-hybridized carbons (Fsp3) is 1.00. The summed E-state index contributed by atoms with van der Waals surface area (Å²) in [4.78, 5) is 11.7. The summed E-state index contributed by atoms with van der Waals surface area (Å²) in [6, 6.07) is 0. The molecule has 0 bridgehead atoms. The van der Waals surface area contributed by atoms with E-state index in [1.807, 2.05) is 13.8 Å². The molecule has 1 unspecified atom stereocenters. The lowest BCUT2D eigenvalue weighted by Crippen LogP contribution is -2.38. The molecule has 4 nitrogen and oxygen atoms in total. The maximum absolute atomic E-state index is 10.2. The van der Waals surface area contributed by atoms with Gasteiger partial charge in [0.05, 0.1) is 0 Å². The van der Waals surface area contributed by atoms with Crippen LogP contribution in [0.4, 0.5) is 0 Å². The molecule has 1 atom stereocenters. The summed E-state index contributed by atoms with van der Waals surface area (Å²) in [5, 5.41) is 10.2. The van der Waals surface area contributed by atoms with Crippen LogP contribution in [0.2, 0.25) is 0 Å². The van der Waals surface area contributed by atoms with Crippen LogP contribution in [0.15, 0.2) is 0 Å². The van der Waals surface area contributed by atoms with E-state index in [4.69, 9.17) is 0 Å². The second-order valence-corrected chi connectivity index (χ2v) is 2.14. The molecule has 0 fully saturated rings. The third-order valence-corrected chi connectivity index (χ3v) is 1.65. The van der Waals surface area contributed by atoms with E-state index < -0.39 is 6.17 Å². The molecule has 0 aromatic carbocycles. The van der Waals surface area contributed by atoms with Crippen molar-refractivity contribution in [2.75, 3.05) is 13.1 Å². The van der Waals surface area contributed by atoms with E-state index in [-0.39, 0.29) is 4.92 Å². The van der Waals surface area contributed by atoms with Crippen LogP contribution in [0.3, 0.4) is 0 Å². The van der Waals surface area contributed by atoms with Crippen molar-refractivity contribution in [1.29, 1.82) is 0 Å². The minimum absolute atomic E-state index is 0.271. The average molecular weight is 146 g/mol. The summed E-state index contributed by atoms with van der Waals surface area (Å²) < 4.78 is 0. The predicted molar refractivity (Wildman–Crippen MR) is 39.4 cm³/mol. The Hall–Kier alpha value is -0.640. The van der Waals surface area contributed by atoms with Crippen molar-refractivity contribution >= 4 is 0 Å². The molecular formula is C6H14N2O2. The molecule has 0 saturated carbocycles. The quantitative estimate of drug-likeness (QED) is 0.337. The first-order chi connectivity index (χ1) is 4.63. The smallest absolute Gasteiger partial charge is 0.263 e. The van der Waals surface area contributed by atoms with E-state index in [1.165, 1.54) is 0 Å². The number of nitro groups is 1. The zero-order valence-electron chi connectivity index (χ0n) is 6.70. The van der Waals surface area contributed by atoms with Crippen LogP contribution in [-0.2, 0) is 0 Å². The Morgan fingerprint density at radius 2 is 1.90 bits per heavy atom. The van der Waals surface area contributed by atoms with Gasteiger partial charge in [0, 0.05) is 24.9 Å². The Kier molecular flexibility index (Phi) is 3.95. The van der Waals surface area contributed by atoms with Crippen molar-refractivity contribution in [2.45, 2.75) is 26.9 Å². The molecule has 60 valence electrons. The van der Waals surface area contributed by atoms with Crippen molar-refractivity contribution in [3.63, 3.8) is 0 Å². The second-order valence-electron chi connectivity index (χ2n) is 2.14. The topological polar surface area (TPSA) is 46.4 Å². The lowest BCUT2D eigenvalue weighted by molar-refractivity contribution is -0.545. The summed E-state index contributed by atoms with van der Waals surface area (Å²) in [6.45, 7) is 6.91. The van der Waals surface area contributed by atoms with Crippen molar-refractivity contribution in [2.24, 2.45) is 0 Å². The van der Waals surface area contributed by atoms with Gasteiger partial charge in [-0.05, 0) is 0 Å². The summed E-state index contributed by atoms with van der Waals surface area (Å²) in [7, 11) is 0. The minimum Gasteiger partial charge on any atom is -0.263 e. The van der Waals surface area contributed by atoms with E-state index in [2.05, 4.69) is 0 Å². The molecule has 0 heterocycles. The number of nitrogens with zero attached hydrogens (tertiary/aromatic N) is 2. The zero-order valence-corrected chi connectivity index (χ0v) is 6.70. The van der Waals surface area contributed by atoms with Gasteiger partial charge in [-0.25, -0.2) is 4.90 Å². The van der Waals surface area contributed by atoms with Crippen LogP contribution in [0.5, 0.6) is 0 Å². The van der Waals surface area contributed by atoms with Gasteiger partial charge < -0.3 is 0 Å². The number of rotatable bonds is 4. The maximum atomic E-state index is 10.2. The zero-order chi connectivity index (χ0) is 8.15. The van der Waals surface area contributed by atoms with Gasteiger partial charge >= 0.3 is 0 Å². The SMILES string of the molecule is CCN(CC)C(C)[N+](=O)[O-]. The molecule has 0 spiro atoms. The van der Waals surface area contributed by atoms with Gasteiger partial charge in [0.25, 0.3) is 6.17 Å². The predicted octanol–water partition coefficient (Wildman–Crippen LogP) is 0.951. The van der Waals surface area contributed by atoms with Gasteiger partial charge in [0.15, 0.2) is 0 Å². The molecule has 0 aliphatic heterocycles. The fourth-order valence-corrected chi connectivity index (χ4v) is 0.885. The van der Waals surface area contributed by atoms with Crippen LogP contribution in [-0.4, -0.2) is 29.1 Å². The normalized spacial score (nSPS) is 13.6. The fourth-order valence-electron chi connectivity index (χ4n) is 0.885. The van der Waals surface area contributed by atoms with E-state index >= 15 is 0 Å². The molecule has 0 aliphatic carbocycles. The van der Waals surface area contributed by atoms with Crippen LogP contribution in [0.25, 0.3) is 0 Å². The molecule has 10 heavy (non-hydrogen) atoms. The van der Waals surface area contributed by atoms with Gasteiger partial charge in [-0.1, -0.05) is 13.8 Å². The van der Waals surface area contributed by atoms with Gasteiger partial charge in [-0.2, -0.15) is 0 Å². The first-order valence-electron chi connectivity index (χ1n) is 3.51. The first kappa shape index (κ1) is 9.36. The third kappa shape index (κ3) is 2.31. The molecular weight excluding hydrogens is 132 g/mol. The van der Waals surface area contributed by atoms with Gasteiger partial charge in [0.1, 0.15) is 0 Å². The highest BCUT2D eigenvalue weighted by Crippen LogP contribution is 1.97. The molecule has 0 amide bonds. The van der Waals surface area contributed by atoms with E-state index in [9.17, 15) is 10.1 Å². The molecule has 0 N–H and O–H groups in total. The lowest BCUT2D eigenvalue weighted by Gasteiger charge is -2.18. The van der Waals surface area contributed by atoms with Crippen molar-refractivity contribution in [1.82, 2.24) is 4.90 Å². The standard InChI is InChI=1S/C6H14N2O2/c1-4-7(5-2)6(3)8(9)10/h6H,4-5H2,1-3H3. The van der Waals surface area contributed by atoms with Gasteiger partial charge in [-0.15, -0.1) is 0 Å². The van der Waals surface area contributed by atoms with Crippen molar-refractivity contribution in [3.8, 4) is 0 Å². The molecule has 0 radical (unpaired) electrons. The Balaban J connectivity index is 3.88. The third-order valence-electron chi connectivity index (χ3n) is 1.65. The lowest BCUT2D eigenvalue weighted by atomic mass is 10.4. The molecule has 0 aromatic rings. The molecule has 0 aromatic heterocycles. The second kappa shape index (κ2) is 4.22. The molecule has 4 heteroatoms. The van der Waals surface area contributed by atoms with Gasteiger partial charge in [-0.3, -0.25) is 10.1 Å². The Morgan fingerprint density at radius 3 is 2.00 bits per heavy atom. The largest absolute Gasteiger partial charge is 0.265 e. The van der Waals surface area contributed by atoms with Crippen LogP contribution in [0.1, 0.15) is 20.8 Å². The van der Waals surface area contributed by atoms with E-state index in [1.54, 1.807) is 11.8 Å². The van der Waals surface area contributed by atoms with Crippen LogP contribution < -0.4 is 0 Å². The van der Waals surface area contributed by atoms with E-state index in [0.29, 0.717) is 0 Å². The van der Waals surface area contributed by atoms with Crippen molar-refractivity contribution in [3.05, 3.63) is 10.1 Å². The highest BCUT2D eigenvalue weighted by Gasteiger charge is 2.18. The minimum atomic E-state index is -0.546. The van der Waals surface area contributed by atoms with Crippen molar-refractivity contribution < 1.29 is 4.92 Å². The van der Waals surface area contributed by atoms with Crippen LogP contribution >= 0.6 is 0 Å². The Labute approximate surface area is 61.0 Å². The maximum Gasteiger partial charge on any atom is 0.265 e. The summed E-state index contributed by atoms with van der Waals surface area (Å²) in [5.41, 5.74) is 0. The van der Waals surface area contributed by atoms with E-state index in [0.717, 1.165) is 13.1 Å². The van der Waals surface area contributed by atoms with Crippen LogP contribution in [0, 0.1) is 10.1 Å². The van der Waals surface area contributed by atoms with Gasteiger partial charge in [0.2, 0.25) is 0 Å². The average Bonchev–Trinajstić information content (AvgIpc) is 1.90. The molecule has 0 rings (SSSR count). The summed E-state index contributed by atoms with van der Waals surface area (Å²) >= 11 is 0. The number of hydrogen-bond acceptors (Lipinski definition) is 3. The first-order valence-corrected chi connectivity index (χ1v) is 3.51. The summed E-state index contributed by atoms with van der Waals surface area (Å²) in [5.74, 6) is 0. The molecule has 0 saturated heterocycles. The summed E-state index contributed by atoms with van der Waals surface area (Å²) in [6.07, 6.45) is -0.546. The molecule has 0 aliphatic rings. The highest BCUT2D eigenvalue weighted by atomic mass is 16.6. The Bertz CT molecular complexity index is 112. The Morgan fingerprint density at radius 1 is 1.50 bits per heavy atom. The monoisotopic (exact) mass is 146 g/mol. The highest BCUT2D eigenvalue weighted by molar-refractivity contribution is 4.51. The number of hydrogen-bond donors (Lipinski definition) is 0.